The van der Waals surface area contributed by atoms with Crippen LogP contribution in [0.1, 0.15) is 28.8 Å². The summed E-state index contributed by atoms with van der Waals surface area (Å²) in [5.41, 5.74) is 1.07. The Bertz CT molecular complexity index is 1040. The summed E-state index contributed by atoms with van der Waals surface area (Å²) in [5, 5.41) is 9.35. The van der Waals surface area contributed by atoms with Crippen molar-refractivity contribution in [1.29, 1.82) is 0 Å². The monoisotopic (exact) mass is 384 g/mol. The van der Waals surface area contributed by atoms with Gasteiger partial charge in [0, 0.05) is 29.0 Å². The van der Waals surface area contributed by atoms with Gasteiger partial charge in [-0.3, -0.25) is 4.79 Å². The predicted octanol–water partition coefficient (Wildman–Crippen LogP) is 3.89. The molecule has 3 aromatic rings. The second kappa shape index (κ2) is 6.09. The molecule has 0 amide bonds. The van der Waals surface area contributed by atoms with E-state index in [0.29, 0.717) is 23.6 Å². The highest BCUT2D eigenvalue weighted by Crippen LogP contribution is 2.44. The summed E-state index contributed by atoms with van der Waals surface area (Å²) in [5.74, 6) is -1.51. The van der Waals surface area contributed by atoms with Gasteiger partial charge in [0.1, 0.15) is 23.7 Å². The molecule has 136 valence electrons. The van der Waals surface area contributed by atoms with Crippen LogP contribution >= 0.6 is 11.3 Å². The standard InChI is InChI=1S/C19H14F2N4OS/c20-12-4-11(5-13(21)8-12)18-17-14(24-19-22-9-23-25(18)19)6-10(7-15(17)26)16-2-1-3-27-16/h1-6,8-10,17-18H,7H2,(H,22,23,24)/t10-,17+,18+/m1/s1. The molecule has 0 saturated carbocycles. The molecular weight excluding hydrogens is 370 g/mol. The Balaban J connectivity index is 1.65. The number of ketones is 1. The maximum atomic E-state index is 13.9. The second-order valence-corrected chi connectivity index (χ2v) is 7.67. The Morgan fingerprint density at radius 2 is 2.04 bits per heavy atom. The highest BCUT2D eigenvalue weighted by molar-refractivity contribution is 7.10. The van der Waals surface area contributed by atoms with Crippen molar-refractivity contribution >= 4 is 23.1 Å². The third-order valence-corrected chi connectivity index (χ3v) is 6.03. The molecule has 0 spiro atoms. The third kappa shape index (κ3) is 2.68. The first-order chi connectivity index (χ1) is 13.1. The smallest absolute Gasteiger partial charge is 0.226 e. The van der Waals surface area contributed by atoms with Gasteiger partial charge in [0.05, 0.1) is 12.0 Å². The Kier molecular flexibility index (Phi) is 3.68. The van der Waals surface area contributed by atoms with Gasteiger partial charge in [0.15, 0.2) is 0 Å². The van der Waals surface area contributed by atoms with E-state index in [2.05, 4.69) is 15.4 Å². The lowest BCUT2D eigenvalue weighted by molar-refractivity contribution is -0.123. The minimum atomic E-state index is -0.685. The van der Waals surface area contributed by atoms with Crippen LogP contribution in [0.2, 0.25) is 0 Å². The number of nitrogens with one attached hydrogen (secondary N) is 1. The number of halogens is 2. The Hall–Kier alpha value is -2.87. The van der Waals surface area contributed by atoms with Crippen molar-refractivity contribution < 1.29 is 13.6 Å². The van der Waals surface area contributed by atoms with E-state index >= 15 is 0 Å². The topological polar surface area (TPSA) is 59.8 Å². The molecule has 0 bridgehead atoms. The van der Waals surface area contributed by atoms with Gasteiger partial charge in [-0.2, -0.15) is 10.1 Å². The number of nitrogens with zero attached hydrogens (tertiary/aromatic N) is 3. The molecule has 8 heteroatoms. The summed E-state index contributed by atoms with van der Waals surface area (Å²) in [6.45, 7) is 0. The van der Waals surface area contributed by atoms with E-state index in [1.54, 1.807) is 11.3 Å². The summed E-state index contributed by atoms with van der Waals surface area (Å²) in [6.07, 6.45) is 3.73. The van der Waals surface area contributed by atoms with Crippen LogP contribution in [0.4, 0.5) is 14.7 Å². The molecule has 0 saturated heterocycles. The zero-order valence-electron chi connectivity index (χ0n) is 14.0. The summed E-state index contributed by atoms with van der Waals surface area (Å²) in [7, 11) is 0. The highest BCUT2D eigenvalue weighted by Gasteiger charge is 2.43. The number of hydrogen-bond acceptors (Lipinski definition) is 5. The molecule has 5 rings (SSSR count). The van der Waals surface area contributed by atoms with E-state index in [0.717, 1.165) is 10.9 Å². The average molecular weight is 384 g/mol. The van der Waals surface area contributed by atoms with E-state index in [-0.39, 0.29) is 11.7 Å². The van der Waals surface area contributed by atoms with Crippen LogP contribution in [0.3, 0.4) is 0 Å². The molecule has 27 heavy (non-hydrogen) atoms. The normalized spacial score (nSPS) is 24.0. The predicted molar refractivity (Wildman–Crippen MR) is 96.4 cm³/mol. The Labute approximate surface area is 157 Å². The van der Waals surface area contributed by atoms with Crippen molar-refractivity contribution in [2.45, 2.75) is 18.4 Å². The summed E-state index contributed by atoms with van der Waals surface area (Å²) < 4.78 is 29.2. The number of carbonyl (C=O) groups excluding carboxylic acids is 1. The number of thiophene rings is 1. The van der Waals surface area contributed by atoms with E-state index in [4.69, 9.17) is 0 Å². The first-order valence-electron chi connectivity index (χ1n) is 8.50. The van der Waals surface area contributed by atoms with Crippen LogP contribution in [0, 0.1) is 17.6 Å². The number of benzene rings is 1. The van der Waals surface area contributed by atoms with Gasteiger partial charge in [0.25, 0.3) is 0 Å². The van der Waals surface area contributed by atoms with Gasteiger partial charge in [0.2, 0.25) is 5.95 Å². The van der Waals surface area contributed by atoms with Gasteiger partial charge in [-0.15, -0.1) is 11.3 Å². The van der Waals surface area contributed by atoms with Crippen LogP contribution in [0.15, 0.2) is 53.8 Å². The van der Waals surface area contributed by atoms with Crippen LogP contribution < -0.4 is 5.32 Å². The van der Waals surface area contributed by atoms with Gasteiger partial charge in [-0.25, -0.2) is 13.5 Å². The highest BCUT2D eigenvalue weighted by atomic mass is 32.1. The fourth-order valence-electron chi connectivity index (χ4n) is 3.94. The maximum Gasteiger partial charge on any atom is 0.226 e. The van der Waals surface area contributed by atoms with Crippen molar-refractivity contribution in [2.75, 3.05) is 5.32 Å². The number of hydrogen-bond donors (Lipinski definition) is 1. The average Bonchev–Trinajstić information content (AvgIpc) is 3.30. The van der Waals surface area contributed by atoms with Gasteiger partial charge in [-0.1, -0.05) is 12.1 Å². The van der Waals surface area contributed by atoms with E-state index < -0.39 is 23.6 Å². The Morgan fingerprint density at radius 3 is 2.78 bits per heavy atom. The lowest BCUT2D eigenvalue weighted by Gasteiger charge is -2.37. The minimum absolute atomic E-state index is 0.00854. The van der Waals surface area contributed by atoms with Gasteiger partial charge < -0.3 is 5.32 Å². The number of Topliss-reactive ketones (excluding diaryl/α,β-unsaturated/α-hetero) is 1. The number of rotatable bonds is 2. The number of anilines is 1. The second-order valence-electron chi connectivity index (χ2n) is 6.69. The quantitative estimate of drug-likeness (QED) is 0.728. The van der Waals surface area contributed by atoms with E-state index in [9.17, 15) is 13.6 Å². The number of allylic oxidation sites excluding steroid dienone is 2. The summed E-state index contributed by atoms with van der Waals surface area (Å²) >= 11 is 1.60. The third-order valence-electron chi connectivity index (χ3n) is 5.03. The molecule has 3 atom stereocenters. The molecule has 0 fully saturated rings. The van der Waals surface area contributed by atoms with Crippen LogP contribution in [0.5, 0.6) is 0 Å². The van der Waals surface area contributed by atoms with Crippen LogP contribution in [-0.2, 0) is 4.79 Å². The molecule has 0 radical (unpaired) electrons. The lowest BCUT2D eigenvalue weighted by Crippen LogP contribution is -2.40. The molecule has 1 aromatic carbocycles. The fraction of sp³-hybridized carbons (Fsp3) is 0.211. The molecule has 2 aliphatic rings. The zero-order chi connectivity index (χ0) is 18.5. The van der Waals surface area contributed by atoms with Gasteiger partial charge in [-0.05, 0) is 29.1 Å². The van der Waals surface area contributed by atoms with Gasteiger partial charge >= 0.3 is 0 Å². The SMILES string of the molecule is O=C1C[C@H](c2cccs2)C=C2Nc3ncnn3[C@@H](c3cc(F)cc(F)c3)[C@H]12. The molecule has 1 aliphatic heterocycles. The minimum Gasteiger partial charge on any atom is -0.328 e. The molecule has 3 heterocycles. The van der Waals surface area contributed by atoms with Crippen molar-refractivity contribution in [2.24, 2.45) is 5.92 Å². The van der Waals surface area contributed by atoms with Crippen molar-refractivity contribution in [3.63, 3.8) is 0 Å². The van der Waals surface area contributed by atoms with E-state index in [1.807, 2.05) is 23.6 Å². The molecule has 0 unspecified atom stereocenters. The van der Waals surface area contributed by atoms with Crippen molar-refractivity contribution in [3.05, 3.63) is 75.9 Å². The van der Waals surface area contributed by atoms with E-state index in [1.165, 1.54) is 23.1 Å². The zero-order valence-corrected chi connectivity index (χ0v) is 14.8. The molecular formula is C19H14F2N4OS. The molecule has 2 aromatic heterocycles. The maximum absolute atomic E-state index is 13.9. The Morgan fingerprint density at radius 1 is 1.22 bits per heavy atom. The molecule has 1 aliphatic carbocycles. The fourth-order valence-corrected chi connectivity index (χ4v) is 4.74. The number of fused-ring (bicyclic) bond motifs is 2. The van der Waals surface area contributed by atoms with Crippen molar-refractivity contribution in [3.8, 4) is 0 Å². The van der Waals surface area contributed by atoms with Crippen LogP contribution in [0.25, 0.3) is 0 Å². The largest absolute Gasteiger partial charge is 0.328 e. The number of carbonyl (C=O) groups is 1. The molecule has 1 N–H and O–H groups in total. The van der Waals surface area contributed by atoms with Crippen LogP contribution in [-0.4, -0.2) is 20.5 Å². The lowest BCUT2D eigenvalue weighted by atomic mass is 9.77. The summed E-state index contributed by atoms with van der Waals surface area (Å²) in [4.78, 5) is 18.4. The summed E-state index contributed by atoms with van der Waals surface area (Å²) in [6, 6.07) is 6.64. The molecule has 5 nitrogen and oxygen atoms in total. The van der Waals surface area contributed by atoms with Crippen molar-refractivity contribution in [1.82, 2.24) is 14.8 Å². The first-order valence-corrected chi connectivity index (χ1v) is 9.38. The first kappa shape index (κ1) is 16.3. The number of aromatic nitrogens is 3.